The number of carbonyl (C=O) groups excluding carboxylic acids is 1. The van der Waals surface area contributed by atoms with Crippen molar-refractivity contribution in [3.05, 3.63) is 70.1 Å². The number of aromatic nitrogens is 2. The highest BCUT2D eigenvalue weighted by molar-refractivity contribution is 6.37. The molecule has 0 fully saturated rings. The van der Waals surface area contributed by atoms with Gasteiger partial charge in [-0.15, -0.1) is 0 Å². The average molecular weight is 350 g/mol. The van der Waals surface area contributed by atoms with Gasteiger partial charge in [0, 0.05) is 11.9 Å². The van der Waals surface area contributed by atoms with Crippen molar-refractivity contribution in [3.8, 4) is 11.3 Å². The summed E-state index contributed by atoms with van der Waals surface area (Å²) in [6.07, 6.45) is 1.65. The minimum Gasteiger partial charge on any atom is -0.322 e. The van der Waals surface area contributed by atoms with Crippen LogP contribution in [0.5, 0.6) is 0 Å². The van der Waals surface area contributed by atoms with Crippen molar-refractivity contribution in [1.29, 1.82) is 0 Å². The number of benzene rings is 2. The molecule has 7 heteroatoms. The maximum Gasteiger partial charge on any atom is 0.257 e. The van der Waals surface area contributed by atoms with Gasteiger partial charge in [0.1, 0.15) is 5.82 Å². The number of rotatable bonds is 3. The van der Waals surface area contributed by atoms with Crippen LogP contribution >= 0.6 is 23.2 Å². The van der Waals surface area contributed by atoms with Crippen LogP contribution in [0.15, 0.2) is 48.7 Å². The molecule has 4 nitrogen and oxygen atoms in total. The first-order valence-corrected chi connectivity index (χ1v) is 7.36. The summed E-state index contributed by atoms with van der Waals surface area (Å²) in [6, 6.07) is 11.2. The molecule has 0 bridgehead atoms. The van der Waals surface area contributed by atoms with Gasteiger partial charge in [0.2, 0.25) is 0 Å². The van der Waals surface area contributed by atoms with Crippen LogP contribution in [0.25, 0.3) is 11.3 Å². The molecule has 116 valence electrons. The predicted molar refractivity (Wildman–Crippen MR) is 88.4 cm³/mol. The van der Waals surface area contributed by atoms with Gasteiger partial charge in [0.25, 0.3) is 5.91 Å². The highest BCUT2D eigenvalue weighted by Gasteiger charge is 2.14. The molecule has 0 saturated heterocycles. The van der Waals surface area contributed by atoms with E-state index in [1.807, 2.05) is 18.2 Å². The van der Waals surface area contributed by atoms with Crippen LogP contribution in [0.3, 0.4) is 0 Å². The maximum atomic E-state index is 13.5. The van der Waals surface area contributed by atoms with E-state index >= 15 is 0 Å². The van der Waals surface area contributed by atoms with Crippen LogP contribution in [-0.2, 0) is 0 Å². The van der Waals surface area contributed by atoms with E-state index in [2.05, 4.69) is 15.5 Å². The number of nitrogens with one attached hydrogen (secondary N) is 2. The summed E-state index contributed by atoms with van der Waals surface area (Å²) in [5, 5.41) is 9.34. The molecule has 2 aromatic carbocycles. The van der Waals surface area contributed by atoms with E-state index in [0.29, 0.717) is 5.69 Å². The fourth-order valence-corrected chi connectivity index (χ4v) is 2.51. The monoisotopic (exact) mass is 349 g/mol. The second kappa shape index (κ2) is 6.40. The van der Waals surface area contributed by atoms with Crippen molar-refractivity contribution in [2.24, 2.45) is 0 Å². The largest absolute Gasteiger partial charge is 0.322 e. The molecule has 0 saturated carbocycles. The van der Waals surface area contributed by atoms with E-state index in [9.17, 15) is 9.18 Å². The number of halogens is 3. The SMILES string of the molecule is O=C(Nc1ccc(-c2ccn[nH]2)cc1)c1cc(F)c(Cl)cc1Cl. The summed E-state index contributed by atoms with van der Waals surface area (Å²) in [7, 11) is 0. The van der Waals surface area contributed by atoms with Crippen molar-refractivity contribution in [2.75, 3.05) is 5.32 Å². The Morgan fingerprint density at radius 1 is 1.09 bits per heavy atom. The molecule has 0 radical (unpaired) electrons. The molecule has 1 heterocycles. The highest BCUT2D eigenvalue weighted by Crippen LogP contribution is 2.25. The Morgan fingerprint density at radius 2 is 1.83 bits per heavy atom. The number of nitrogens with zero attached hydrogens (tertiary/aromatic N) is 1. The number of carbonyl (C=O) groups is 1. The second-order valence-corrected chi connectivity index (χ2v) is 5.56. The Bertz CT molecular complexity index is 849. The lowest BCUT2D eigenvalue weighted by Gasteiger charge is -2.08. The Kier molecular flexibility index (Phi) is 4.32. The lowest BCUT2D eigenvalue weighted by molar-refractivity contribution is 0.102. The molecule has 3 aromatic rings. The summed E-state index contributed by atoms with van der Waals surface area (Å²) in [6.45, 7) is 0. The predicted octanol–water partition coefficient (Wildman–Crippen LogP) is 4.77. The van der Waals surface area contributed by atoms with Crippen molar-refractivity contribution >= 4 is 34.8 Å². The Hall–Kier alpha value is -2.37. The first kappa shape index (κ1) is 15.5. The van der Waals surface area contributed by atoms with Crippen molar-refractivity contribution in [2.45, 2.75) is 0 Å². The van der Waals surface area contributed by atoms with Gasteiger partial charge in [-0.1, -0.05) is 35.3 Å². The Labute approximate surface area is 141 Å². The number of anilines is 1. The minimum absolute atomic E-state index is 0.0196. The maximum absolute atomic E-state index is 13.5. The smallest absolute Gasteiger partial charge is 0.257 e. The van der Waals surface area contributed by atoms with Crippen molar-refractivity contribution in [1.82, 2.24) is 10.2 Å². The van der Waals surface area contributed by atoms with Crippen molar-refractivity contribution in [3.63, 3.8) is 0 Å². The zero-order chi connectivity index (χ0) is 16.4. The molecule has 2 N–H and O–H groups in total. The molecule has 0 atom stereocenters. The zero-order valence-corrected chi connectivity index (χ0v) is 13.1. The number of hydrogen-bond donors (Lipinski definition) is 2. The van der Waals surface area contributed by atoms with Crippen molar-refractivity contribution < 1.29 is 9.18 Å². The quantitative estimate of drug-likeness (QED) is 0.668. The van der Waals surface area contributed by atoms with E-state index in [4.69, 9.17) is 23.2 Å². The Morgan fingerprint density at radius 3 is 2.48 bits per heavy atom. The van der Waals surface area contributed by atoms with Crippen LogP contribution in [0.2, 0.25) is 10.0 Å². The third kappa shape index (κ3) is 3.36. The lowest BCUT2D eigenvalue weighted by atomic mass is 10.1. The molecule has 0 aliphatic carbocycles. The lowest BCUT2D eigenvalue weighted by Crippen LogP contribution is -2.12. The second-order valence-electron chi connectivity index (χ2n) is 4.75. The fraction of sp³-hybridized carbons (Fsp3) is 0. The average Bonchev–Trinajstić information content (AvgIpc) is 3.06. The summed E-state index contributed by atoms with van der Waals surface area (Å²) in [5.74, 6) is -1.21. The highest BCUT2D eigenvalue weighted by atomic mass is 35.5. The van der Waals surface area contributed by atoms with E-state index in [1.54, 1.807) is 18.3 Å². The molecule has 3 rings (SSSR count). The molecule has 0 unspecified atom stereocenters. The first-order valence-electron chi connectivity index (χ1n) is 6.60. The molecule has 0 aliphatic heterocycles. The van der Waals surface area contributed by atoms with Gasteiger partial charge >= 0.3 is 0 Å². The van der Waals surface area contributed by atoms with Gasteiger partial charge < -0.3 is 5.32 Å². The molecular weight excluding hydrogens is 340 g/mol. The van der Waals surface area contributed by atoms with Gasteiger partial charge in [-0.05, 0) is 35.9 Å². The third-order valence-corrected chi connectivity index (χ3v) is 3.81. The number of H-pyrrole nitrogens is 1. The molecule has 0 spiro atoms. The summed E-state index contributed by atoms with van der Waals surface area (Å²) in [4.78, 5) is 12.2. The zero-order valence-electron chi connectivity index (χ0n) is 11.6. The van der Waals surface area contributed by atoms with E-state index in [-0.39, 0.29) is 15.6 Å². The normalized spacial score (nSPS) is 10.6. The molecule has 23 heavy (non-hydrogen) atoms. The van der Waals surface area contributed by atoms with Crippen LogP contribution in [0.4, 0.5) is 10.1 Å². The summed E-state index contributed by atoms with van der Waals surface area (Å²) < 4.78 is 13.5. The molecular formula is C16H10Cl2FN3O. The van der Waals surface area contributed by atoms with Crippen LogP contribution in [0, 0.1) is 5.82 Å². The first-order chi connectivity index (χ1) is 11.0. The molecule has 1 amide bonds. The van der Waals surface area contributed by atoms with Crippen LogP contribution in [-0.4, -0.2) is 16.1 Å². The van der Waals surface area contributed by atoms with Gasteiger partial charge in [-0.3, -0.25) is 9.89 Å². The minimum atomic E-state index is -0.698. The van der Waals surface area contributed by atoms with E-state index in [1.165, 1.54) is 6.07 Å². The third-order valence-electron chi connectivity index (χ3n) is 3.21. The van der Waals surface area contributed by atoms with Gasteiger partial charge in [-0.2, -0.15) is 5.10 Å². The Balaban J connectivity index is 1.79. The van der Waals surface area contributed by atoms with Gasteiger partial charge in [0.15, 0.2) is 0 Å². The van der Waals surface area contributed by atoms with Gasteiger partial charge in [0.05, 0.1) is 21.3 Å². The topological polar surface area (TPSA) is 57.8 Å². The summed E-state index contributed by atoms with van der Waals surface area (Å²) >= 11 is 11.6. The molecule has 1 aromatic heterocycles. The standard InChI is InChI=1S/C16H10Cl2FN3O/c17-12-8-13(18)14(19)7-11(12)16(23)21-10-3-1-9(2-4-10)15-5-6-20-22-15/h1-8H,(H,20,22)(H,21,23). The number of amides is 1. The van der Waals surface area contributed by atoms with Gasteiger partial charge in [-0.25, -0.2) is 4.39 Å². The molecule has 0 aliphatic rings. The number of hydrogen-bond acceptors (Lipinski definition) is 2. The number of aromatic amines is 1. The summed E-state index contributed by atoms with van der Waals surface area (Å²) in [5.41, 5.74) is 2.37. The van der Waals surface area contributed by atoms with Crippen LogP contribution < -0.4 is 5.32 Å². The fourth-order valence-electron chi connectivity index (χ4n) is 2.04. The van der Waals surface area contributed by atoms with E-state index < -0.39 is 11.7 Å². The van der Waals surface area contributed by atoms with E-state index in [0.717, 1.165) is 17.3 Å². The van der Waals surface area contributed by atoms with Crippen LogP contribution in [0.1, 0.15) is 10.4 Å².